The first kappa shape index (κ1) is 19.6. The van der Waals surface area contributed by atoms with Crippen molar-refractivity contribution in [3.05, 3.63) is 29.6 Å². The lowest BCUT2D eigenvalue weighted by Crippen LogP contribution is -2.59. The fraction of sp³-hybridized carbons (Fsp3) is 0.600. The highest BCUT2D eigenvalue weighted by atomic mass is 35.5. The van der Waals surface area contributed by atoms with Crippen LogP contribution in [0.2, 0.25) is 0 Å². The van der Waals surface area contributed by atoms with Gasteiger partial charge in [-0.3, -0.25) is 9.59 Å². The Morgan fingerprint density at radius 3 is 2.39 bits per heavy atom. The van der Waals surface area contributed by atoms with Gasteiger partial charge in [-0.05, 0) is 62.5 Å². The van der Waals surface area contributed by atoms with Crippen LogP contribution in [-0.4, -0.2) is 35.2 Å². The molecule has 152 valence electrons. The molecule has 5 rings (SSSR count). The van der Waals surface area contributed by atoms with Crippen LogP contribution in [0.25, 0.3) is 0 Å². The molecule has 4 nitrogen and oxygen atoms in total. The van der Waals surface area contributed by atoms with Gasteiger partial charge in [-0.2, -0.15) is 0 Å². The number of halogens is 4. The molecule has 0 saturated heterocycles. The molecule has 4 bridgehead atoms. The summed E-state index contributed by atoms with van der Waals surface area (Å²) in [7, 11) is 1.53. The number of nitrogens with zero attached hydrogens (tertiary/aromatic N) is 1. The van der Waals surface area contributed by atoms with E-state index in [1.54, 1.807) is 0 Å². The summed E-state index contributed by atoms with van der Waals surface area (Å²) >= 11 is 6.77. The standard InChI is InChI=1S/C20H22ClF3N2O2/c1-26(9-15(27)25-14-3-2-13(22)16(23)17(14)24)18(28)19-5-11-4-12(6-19)8-20(21,7-11)10-19/h2-3,11-12H,4-10H2,1H3,(H,25,27)/t11-,12+,19?,20?. The van der Waals surface area contributed by atoms with Crippen LogP contribution in [0.3, 0.4) is 0 Å². The number of likely N-dealkylation sites (N-methyl/N-ethyl adjacent to an activating group) is 1. The van der Waals surface area contributed by atoms with E-state index in [4.69, 9.17) is 11.6 Å². The summed E-state index contributed by atoms with van der Waals surface area (Å²) in [5.41, 5.74) is -0.993. The summed E-state index contributed by atoms with van der Waals surface area (Å²) < 4.78 is 40.1. The molecule has 28 heavy (non-hydrogen) atoms. The van der Waals surface area contributed by atoms with Crippen molar-refractivity contribution in [1.29, 1.82) is 0 Å². The van der Waals surface area contributed by atoms with Crippen LogP contribution in [0.1, 0.15) is 38.5 Å². The zero-order chi connectivity index (χ0) is 20.3. The number of benzene rings is 1. The van der Waals surface area contributed by atoms with Crippen molar-refractivity contribution in [1.82, 2.24) is 4.90 Å². The Hall–Kier alpha value is -1.76. The molecule has 4 fully saturated rings. The number of carbonyl (C=O) groups excluding carboxylic acids is 2. The van der Waals surface area contributed by atoms with E-state index in [1.807, 2.05) is 0 Å². The van der Waals surface area contributed by atoms with Gasteiger partial charge in [-0.15, -0.1) is 11.6 Å². The number of anilines is 1. The topological polar surface area (TPSA) is 49.4 Å². The van der Waals surface area contributed by atoms with Gasteiger partial charge >= 0.3 is 0 Å². The number of rotatable bonds is 4. The maximum Gasteiger partial charge on any atom is 0.244 e. The summed E-state index contributed by atoms with van der Waals surface area (Å²) in [6, 6.07) is 1.68. The fourth-order valence-electron chi connectivity index (χ4n) is 5.91. The second-order valence-corrected chi connectivity index (χ2v) is 9.63. The first-order valence-corrected chi connectivity index (χ1v) is 9.86. The van der Waals surface area contributed by atoms with Gasteiger partial charge in [0.2, 0.25) is 11.8 Å². The third-order valence-electron chi connectivity index (χ3n) is 6.48. The van der Waals surface area contributed by atoms with Crippen molar-refractivity contribution in [2.24, 2.45) is 17.3 Å². The summed E-state index contributed by atoms with van der Waals surface area (Å²) in [5.74, 6) is -4.35. The number of amides is 2. The van der Waals surface area contributed by atoms with E-state index in [1.165, 1.54) is 11.9 Å². The Bertz CT molecular complexity index is 833. The average Bonchev–Trinajstić information content (AvgIpc) is 2.59. The minimum Gasteiger partial charge on any atom is -0.336 e. The molecular weight excluding hydrogens is 393 g/mol. The van der Waals surface area contributed by atoms with E-state index in [2.05, 4.69) is 5.32 Å². The van der Waals surface area contributed by atoms with E-state index < -0.39 is 34.5 Å². The quantitative estimate of drug-likeness (QED) is 0.596. The molecule has 0 heterocycles. The SMILES string of the molecule is CN(CC(=O)Nc1ccc(F)c(F)c1F)C(=O)C12C[C@@H]3C[C@@H](CC(Cl)(C3)C1)C2. The highest BCUT2D eigenvalue weighted by molar-refractivity contribution is 6.24. The normalized spacial score (nSPS) is 33.0. The summed E-state index contributed by atoms with van der Waals surface area (Å²) in [5, 5.41) is 2.20. The summed E-state index contributed by atoms with van der Waals surface area (Å²) in [6.07, 6.45) is 5.21. The zero-order valence-corrected chi connectivity index (χ0v) is 16.3. The third kappa shape index (κ3) is 3.27. The van der Waals surface area contributed by atoms with Gasteiger partial charge in [0.25, 0.3) is 0 Å². The van der Waals surface area contributed by atoms with Gasteiger partial charge in [0, 0.05) is 11.9 Å². The van der Waals surface area contributed by atoms with Crippen LogP contribution >= 0.6 is 11.6 Å². The van der Waals surface area contributed by atoms with Gasteiger partial charge in [-0.1, -0.05) is 0 Å². The van der Waals surface area contributed by atoms with Crippen molar-refractivity contribution in [2.75, 3.05) is 18.9 Å². The van der Waals surface area contributed by atoms with Gasteiger partial charge < -0.3 is 10.2 Å². The lowest BCUT2D eigenvalue weighted by molar-refractivity contribution is -0.155. The first-order chi connectivity index (χ1) is 13.1. The smallest absolute Gasteiger partial charge is 0.244 e. The molecule has 0 radical (unpaired) electrons. The van der Waals surface area contributed by atoms with Crippen molar-refractivity contribution in [2.45, 2.75) is 43.4 Å². The van der Waals surface area contributed by atoms with Crippen LogP contribution in [0, 0.1) is 34.7 Å². The minimum atomic E-state index is -1.65. The van der Waals surface area contributed by atoms with E-state index in [-0.39, 0.29) is 17.3 Å². The Labute approximate surface area is 166 Å². The lowest BCUT2D eigenvalue weighted by atomic mass is 9.49. The van der Waals surface area contributed by atoms with E-state index in [9.17, 15) is 22.8 Å². The number of hydrogen-bond acceptors (Lipinski definition) is 2. The molecule has 0 aliphatic heterocycles. The number of nitrogens with one attached hydrogen (secondary N) is 1. The molecule has 0 aromatic heterocycles. The largest absolute Gasteiger partial charge is 0.336 e. The molecule has 4 aliphatic rings. The molecule has 4 saturated carbocycles. The summed E-state index contributed by atoms with van der Waals surface area (Å²) in [4.78, 5) is 26.5. The van der Waals surface area contributed by atoms with Gasteiger partial charge in [0.1, 0.15) is 0 Å². The molecule has 2 amide bonds. The maximum absolute atomic E-state index is 13.7. The Balaban J connectivity index is 1.44. The molecule has 4 aliphatic carbocycles. The van der Waals surface area contributed by atoms with Crippen LogP contribution < -0.4 is 5.32 Å². The third-order valence-corrected chi connectivity index (χ3v) is 6.92. The predicted molar refractivity (Wildman–Crippen MR) is 98.3 cm³/mol. The van der Waals surface area contributed by atoms with Gasteiger partial charge in [0.15, 0.2) is 17.5 Å². The number of alkyl halides is 1. The second kappa shape index (κ2) is 6.65. The van der Waals surface area contributed by atoms with Crippen LogP contribution in [0.4, 0.5) is 18.9 Å². The van der Waals surface area contributed by atoms with Crippen LogP contribution in [-0.2, 0) is 9.59 Å². The van der Waals surface area contributed by atoms with Crippen LogP contribution in [0.5, 0.6) is 0 Å². The maximum atomic E-state index is 13.7. The van der Waals surface area contributed by atoms with Gasteiger partial charge in [0.05, 0.1) is 17.6 Å². The van der Waals surface area contributed by atoms with Crippen molar-refractivity contribution in [3.8, 4) is 0 Å². The molecule has 2 unspecified atom stereocenters. The van der Waals surface area contributed by atoms with Crippen LogP contribution in [0.15, 0.2) is 12.1 Å². The average molecular weight is 415 g/mol. The van der Waals surface area contributed by atoms with E-state index >= 15 is 0 Å². The Kier molecular flexibility index (Phi) is 4.64. The molecule has 4 atom stereocenters. The summed E-state index contributed by atoms with van der Waals surface area (Å²) in [6.45, 7) is -0.302. The van der Waals surface area contributed by atoms with Gasteiger partial charge in [-0.25, -0.2) is 13.2 Å². The van der Waals surface area contributed by atoms with E-state index in [0.717, 1.165) is 44.2 Å². The molecular formula is C20H22ClF3N2O2. The highest BCUT2D eigenvalue weighted by Gasteiger charge is 2.60. The monoisotopic (exact) mass is 414 g/mol. The van der Waals surface area contributed by atoms with E-state index in [0.29, 0.717) is 18.3 Å². The zero-order valence-electron chi connectivity index (χ0n) is 15.5. The van der Waals surface area contributed by atoms with Crippen molar-refractivity contribution in [3.63, 3.8) is 0 Å². The number of hydrogen-bond donors (Lipinski definition) is 1. The molecule has 8 heteroatoms. The molecule has 0 spiro atoms. The minimum absolute atomic E-state index is 0.118. The predicted octanol–water partition coefficient (Wildman–Crippen LogP) is 4.08. The fourth-order valence-corrected chi connectivity index (χ4v) is 6.60. The first-order valence-electron chi connectivity index (χ1n) is 9.49. The second-order valence-electron chi connectivity index (χ2n) is 8.82. The Morgan fingerprint density at radius 1 is 1.14 bits per heavy atom. The lowest BCUT2D eigenvalue weighted by Gasteiger charge is -2.59. The molecule has 1 aromatic carbocycles. The highest BCUT2D eigenvalue weighted by Crippen LogP contribution is 2.64. The molecule has 1 N–H and O–H groups in total. The Morgan fingerprint density at radius 2 is 1.79 bits per heavy atom. The van der Waals surface area contributed by atoms with Crippen molar-refractivity contribution < 1.29 is 22.8 Å². The van der Waals surface area contributed by atoms with Crippen molar-refractivity contribution >= 4 is 29.1 Å². The molecule has 1 aromatic rings. The number of carbonyl (C=O) groups is 2.